The third-order valence-electron chi connectivity index (χ3n) is 3.73. The zero-order valence-electron chi connectivity index (χ0n) is 15.5. The van der Waals surface area contributed by atoms with Crippen LogP contribution in [0.1, 0.15) is 5.56 Å². The molecule has 0 aromatic heterocycles. The van der Waals surface area contributed by atoms with Crippen LogP contribution >= 0.6 is 24.0 Å². The van der Waals surface area contributed by atoms with Gasteiger partial charge >= 0.3 is 0 Å². The van der Waals surface area contributed by atoms with E-state index in [4.69, 9.17) is 15.2 Å². The molecule has 0 spiro atoms. The van der Waals surface area contributed by atoms with Crippen molar-refractivity contribution in [1.29, 1.82) is 0 Å². The zero-order chi connectivity index (χ0) is 18.8. The molecule has 0 fully saturated rings. The summed E-state index contributed by atoms with van der Waals surface area (Å²) in [6.07, 6.45) is 0.770. The average molecular weight is 503 g/mol. The summed E-state index contributed by atoms with van der Waals surface area (Å²) in [6.45, 7) is 1.06. The maximum Gasteiger partial charge on any atom is 0.188 e. The summed E-state index contributed by atoms with van der Waals surface area (Å²) < 4.78 is 22.6. The Labute approximate surface area is 180 Å². The molecule has 27 heavy (non-hydrogen) atoms. The number of aliphatic imine (C=N–C) groups is 1. The molecule has 0 heterocycles. The number of hydrogen-bond donors (Lipinski definition) is 2. The van der Waals surface area contributed by atoms with Crippen molar-refractivity contribution >= 4 is 40.7 Å². The molecule has 2 aromatic rings. The number of nitrogens with zero attached hydrogens (tertiary/aromatic N) is 1. The highest BCUT2D eigenvalue weighted by Crippen LogP contribution is 2.27. The van der Waals surface area contributed by atoms with E-state index in [9.17, 15) is 4.21 Å². The number of nitrogens with two attached hydrogens (primary N) is 1. The monoisotopic (exact) mass is 503 g/mol. The minimum Gasteiger partial charge on any atom is -0.493 e. The third-order valence-corrected chi connectivity index (χ3v) is 5.08. The van der Waals surface area contributed by atoms with E-state index in [0.717, 1.165) is 16.9 Å². The molecule has 0 aliphatic carbocycles. The maximum absolute atomic E-state index is 12.1. The molecule has 1 unspecified atom stereocenters. The third kappa shape index (κ3) is 7.76. The number of benzene rings is 2. The average Bonchev–Trinajstić information content (AvgIpc) is 2.68. The highest BCUT2D eigenvalue weighted by molar-refractivity contribution is 14.0. The van der Waals surface area contributed by atoms with Crippen LogP contribution in [-0.4, -0.2) is 43.2 Å². The van der Waals surface area contributed by atoms with E-state index < -0.39 is 10.8 Å². The Hall–Kier alpha value is -1.81. The maximum atomic E-state index is 12.1. The van der Waals surface area contributed by atoms with Crippen LogP contribution < -0.4 is 20.5 Å². The van der Waals surface area contributed by atoms with Crippen LogP contribution in [0.2, 0.25) is 0 Å². The number of guanidine groups is 1. The highest BCUT2D eigenvalue weighted by atomic mass is 127. The lowest BCUT2D eigenvalue weighted by molar-refractivity contribution is 0.354. The smallest absolute Gasteiger partial charge is 0.188 e. The second-order valence-corrected chi connectivity index (χ2v) is 7.07. The molecular weight excluding hydrogens is 477 g/mol. The first-order valence-electron chi connectivity index (χ1n) is 8.32. The highest BCUT2D eigenvalue weighted by Gasteiger charge is 2.05. The zero-order valence-corrected chi connectivity index (χ0v) is 18.7. The van der Waals surface area contributed by atoms with E-state index in [1.807, 2.05) is 48.5 Å². The van der Waals surface area contributed by atoms with E-state index in [0.29, 0.717) is 36.3 Å². The van der Waals surface area contributed by atoms with Gasteiger partial charge in [0.05, 0.1) is 31.6 Å². The topological polar surface area (TPSA) is 85.9 Å². The number of methoxy groups -OCH3 is 2. The summed E-state index contributed by atoms with van der Waals surface area (Å²) in [5.74, 6) is 2.21. The quantitative estimate of drug-likeness (QED) is 0.312. The summed E-state index contributed by atoms with van der Waals surface area (Å²) in [6, 6.07) is 15.2. The van der Waals surface area contributed by atoms with Crippen LogP contribution in [0.3, 0.4) is 0 Å². The summed E-state index contributed by atoms with van der Waals surface area (Å²) in [5.41, 5.74) is 6.96. The van der Waals surface area contributed by atoms with Crippen molar-refractivity contribution in [2.75, 3.05) is 33.1 Å². The molecule has 0 radical (unpaired) electrons. The van der Waals surface area contributed by atoms with Crippen molar-refractivity contribution in [1.82, 2.24) is 5.32 Å². The van der Waals surface area contributed by atoms with Crippen molar-refractivity contribution < 1.29 is 13.7 Å². The molecule has 0 saturated carbocycles. The van der Waals surface area contributed by atoms with Gasteiger partial charge in [-0.2, -0.15) is 0 Å². The standard InChI is InChI=1S/C19H25N3O3S.HI/c1-24-17-9-8-15(14-18(17)25-2)10-11-21-19(20)22-12-13-26(23)16-6-4-3-5-7-16;/h3-9,14H,10-13H2,1-2H3,(H3,20,21,22);1H. The minimum atomic E-state index is -1.06. The number of ether oxygens (including phenoxy) is 2. The van der Waals surface area contributed by atoms with E-state index in [1.54, 1.807) is 14.2 Å². The van der Waals surface area contributed by atoms with Gasteiger partial charge in [0.2, 0.25) is 0 Å². The van der Waals surface area contributed by atoms with Gasteiger partial charge in [0.15, 0.2) is 17.5 Å². The van der Waals surface area contributed by atoms with Gasteiger partial charge in [-0.15, -0.1) is 24.0 Å². The minimum absolute atomic E-state index is 0. The number of nitrogens with one attached hydrogen (secondary N) is 1. The number of halogens is 1. The van der Waals surface area contributed by atoms with Gasteiger partial charge in [0, 0.05) is 17.2 Å². The number of rotatable bonds is 9. The molecule has 6 nitrogen and oxygen atoms in total. The van der Waals surface area contributed by atoms with E-state index in [2.05, 4.69) is 10.3 Å². The Balaban J connectivity index is 0.00000364. The molecule has 8 heteroatoms. The Bertz CT molecular complexity index is 757. The van der Waals surface area contributed by atoms with Crippen LogP contribution in [0.5, 0.6) is 11.5 Å². The van der Waals surface area contributed by atoms with Crippen molar-refractivity contribution in [2.24, 2.45) is 10.7 Å². The van der Waals surface area contributed by atoms with Gasteiger partial charge in [0.1, 0.15) is 0 Å². The van der Waals surface area contributed by atoms with Crippen molar-refractivity contribution in [3.63, 3.8) is 0 Å². The Morgan fingerprint density at radius 2 is 1.81 bits per heavy atom. The number of hydrogen-bond acceptors (Lipinski definition) is 4. The van der Waals surface area contributed by atoms with Crippen molar-refractivity contribution in [3.05, 3.63) is 54.1 Å². The molecule has 0 saturated heterocycles. The lowest BCUT2D eigenvalue weighted by Gasteiger charge is -2.10. The van der Waals surface area contributed by atoms with Gasteiger partial charge in [-0.25, -0.2) is 0 Å². The molecule has 1 atom stereocenters. The van der Waals surface area contributed by atoms with Gasteiger partial charge in [0.25, 0.3) is 0 Å². The van der Waals surface area contributed by atoms with Crippen LogP contribution in [0.25, 0.3) is 0 Å². The molecule has 0 amide bonds. The molecule has 2 aromatic carbocycles. The summed E-state index contributed by atoms with van der Waals surface area (Å²) in [7, 11) is 2.17. The fourth-order valence-electron chi connectivity index (χ4n) is 2.37. The van der Waals surface area contributed by atoms with E-state index in [1.165, 1.54) is 0 Å². The van der Waals surface area contributed by atoms with Crippen LogP contribution in [0.15, 0.2) is 58.4 Å². The summed E-state index contributed by atoms with van der Waals surface area (Å²) in [5, 5.41) is 3.07. The second kappa shape index (κ2) is 12.6. The van der Waals surface area contributed by atoms with Crippen molar-refractivity contribution in [3.8, 4) is 11.5 Å². The second-order valence-electron chi connectivity index (χ2n) is 5.50. The molecule has 0 aliphatic heterocycles. The Morgan fingerprint density at radius 3 is 2.48 bits per heavy atom. The molecule has 148 valence electrons. The lowest BCUT2D eigenvalue weighted by atomic mass is 10.1. The molecule has 0 bridgehead atoms. The van der Waals surface area contributed by atoms with Crippen LogP contribution in [0, 0.1) is 0 Å². The lowest BCUT2D eigenvalue weighted by Crippen LogP contribution is -2.33. The molecule has 0 aliphatic rings. The predicted molar refractivity (Wildman–Crippen MR) is 121 cm³/mol. The first-order valence-corrected chi connectivity index (χ1v) is 9.64. The Kier molecular flexibility index (Phi) is 10.8. The normalized spacial score (nSPS) is 12.0. The summed E-state index contributed by atoms with van der Waals surface area (Å²) in [4.78, 5) is 5.04. The Morgan fingerprint density at radius 1 is 1.11 bits per heavy atom. The molecule has 2 rings (SSSR count). The summed E-state index contributed by atoms with van der Waals surface area (Å²) >= 11 is 0. The SMILES string of the molecule is COc1ccc(CCNC(N)=NCCS(=O)c2ccccc2)cc1OC.I. The van der Waals surface area contributed by atoms with Gasteiger partial charge in [-0.1, -0.05) is 24.3 Å². The van der Waals surface area contributed by atoms with Crippen molar-refractivity contribution in [2.45, 2.75) is 11.3 Å². The molecular formula is C19H26IN3O3S. The first-order chi connectivity index (χ1) is 12.6. The fourth-order valence-corrected chi connectivity index (χ4v) is 3.32. The molecule has 3 N–H and O–H groups in total. The van der Waals surface area contributed by atoms with Crippen LogP contribution in [0.4, 0.5) is 0 Å². The fraction of sp³-hybridized carbons (Fsp3) is 0.316. The predicted octanol–water partition coefficient (Wildman–Crippen LogP) is 2.58. The van der Waals surface area contributed by atoms with Gasteiger partial charge < -0.3 is 20.5 Å². The van der Waals surface area contributed by atoms with Crippen LogP contribution in [-0.2, 0) is 17.2 Å². The first kappa shape index (κ1) is 23.2. The van der Waals surface area contributed by atoms with E-state index in [-0.39, 0.29) is 24.0 Å². The van der Waals surface area contributed by atoms with E-state index >= 15 is 0 Å². The van der Waals surface area contributed by atoms with Gasteiger partial charge in [-0.3, -0.25) is 9.20 Å². The largest absolute Gasteiger partial charge is 0.493 e. The van der Waals surface area contributed by atoms with Gasteiger partial charge in [-0.05, 0) is 36.2 Å².